The summed E-state index contributed by atoms with van der Waals surface area (Å²) in [6, 6.07) is 11.6. The summed E-state index contributed by atoms with van der Waals surface area (Å²) in [5, 5.41) is 0.727. The molecule has 0 aliphatic heterocycles. The lowest BCUT2D eigenvalue weighted by atomic mass is 10.1. The lowest BCUT2D eigenvalue weighted by Gasteiger charge is -2.06. The van der Waals surface area contributed by atoms with Gasteiger partial charge in [-0.1, -0.05) is 30.3 Å². The minimum Gasteiger partial charge on any atom is -0.397 e. The van der Waals surface area contributed by atoms with Gasteiger partial charge < -0.3 is 27.9 Å². The summed E-state index contributed by atoms with van der Waals surface area (Å²) in [5.41, 5.74) is 28.3. The van der Waals surface area contributed by atoms with E-state index in [9.17, 15) is 0 Å². The Labute approximate surface area is 110 Å². The number of aromatic amines is 1. The molecule has 0 radical (unpaired) electrons. The first kappa shape index (κ1) is 11.3. The molecule has 1 aromatic heterocycles. The second-order valence-electron chi connectivity index (χ2n) is 4.50. The van der Waals surface area contributed by atoms with Crippen molar-refractivity contribution in [1.29, 1.82) is 0 Å². The Balaban J connectivity index is 2.36. The van der Waals surface area contributed by atoms with Crippen LogP contribution in [-0.2, 0) is 0 Å². The van der Waals surface area contributed by atoms with Crippen LogP contribution in [0.5, 0.6) is 0 Å². The van der Waals surface area contributed by atoms with E-state index < -0.39 is 0 Å². The molecule has 0 saturated carbocycles. The maximum atomic E-state index is 6.18. The summed E-state index contributed by atoms with van der Waals surface area (Å²) in [6.45, 7) is 0. The molecule has 0 saturated heterocycles. The van der Waals surface area contributed by atoms with E-state index in [1.807, 2.05) is 30.3 Å². The van der Waals surface area contributed by atoms with Crippen LogP contribution in [0.15, 0.2) is 36.4 Å². The number of anilines is 4. The van der Waals surface area contributed by atoms with Gasteiger partial charge >= 0.3 is 0 Å². The number of fused-ring (bicyclic) bond motifs is 1. The van der Waals surface area contributed by atoms with Crippen LogP contribution in [0.25, 0.3) is 22.2 Å². The van der Waals surface area contributed by atoms with Crippen LogP contribution in [0.3, 0.4) is 0 Å². The van der Waals surface area contributed by atoms with E-state index in [4.69, 9.17) is 22.9 Å². The number of hydrogen-bond acceptors (Lipinski definition) is 4. The van der Waals surface area contributed by atoms with Gasteiger partial charge in [0, 0.05) is 10.9 Å². The van der Waals surface area contributed by atoms with E-state index in [-0.39, 0.29) is 0 Å². The van der Waals surface area contributed by atoms with Gasteiger partial charge in [0.2, 0.25) is 0 Å². The monoisotopic (exact) mass is 253 g/mol. The second kappa shape index (κ2) is 3.84. The molecule has 1 heterocycles. The molecule has 0 atom stereocenters. The highest BCUT2D eigenvalue weighted by molar-refractivity contribution is 6.12. The molecule has 2 aromatic carbocycles. The molecule has 0 aliphatic rings. The van der Waals surface area contributed by atoms with Gasteiger partial charge in [0.05, 0.1) is 34.0 Å². The third kappa shape index (κ3) is 1.55. The molecule has 0 amide bonds. The Morgan fingerprint density at radius 2 is 1.47 bits per heavy atom. The van der Waals surface area contributed by atoms with Gasteiger partial charge in [0.1, 0.15) is 0 Å². The quantitative estimate of drug-likeness (QED) is 0.427. The van der Waals surface area contributed by atoms with Crippen molar-refractivity contribution in [1.82, 2.24) is 4.98 Å². The molecule has 96 valence electrons. The lowest BCUT2D eigenvalue weighted by molar-refractivity contribution is 1.45. The van der Waals surface area contributed by atoms with Crippen LogP contribution in [-0.4, -0.2) is 4.98 Å². The van der Waals surface area contributed by atoms with Crippen molar-refractivity contribution >= 4 is 33.7 Å². The molecule has 0 fully saturated rings. The molecule has 3 aromatic rings. The van der Waals surface area contributed by atoms with Gasteiger partial charge in [-0.05, 0) is 6.07 Å². The molecule has 19 heavy (non-hydrogen) atoms. The number of nitrogens with two attached hydrogens (primary N) is 4. The fraction of sp³-hybridized carbons (Fsp3) is 0. The van der Waals surface area contributed by atoms with E-state index >= 15 is 0 Å². The zero-order valence-corrected chi connectivity index (χ0v) is 10.3. The van der Waals surface area contributed by atoms with Crippen LogP contribution in [0.4, 0.5) is 22.7 Å². The van der Waals surface area contributed by atoms with Crippen molar-refractivity contribution in [3.8, 4) is 11.3 Å². The topological polar surface area (TPSA) is 120 Å². The molecule has 5 heteroatoms. The second-order valence-corrected chi connectivity index (χ2v) is 4.50. The summed E-state index contributed by atoms with van der Waals surface area (Å²) in [5.74, 6) is 0. The number of nitrogens with one attached hydrogen (secondary N) is 1. The maximum Gasteiger partial charge on any atom is 0.0789 e. The van der Waals surface area contributed by atoms with Gasteiger partial charge in [0.25, 0.3) is 0 Å². The summed E-state index contributed by atoms with van der Waals surface area (Å²) in [6.07, 6.45) is 0. The van der Waals surface area contributed by atoms with Crippen molar-refractivity contribution in [3.05, 3.63) is 36.4 Å². The largest absolute Gasteiger partial charge is 0.397 e. The first-order valence-corrected chi connectivity index (χ1v) is 5.89. The standard InChI is InChI=1S/C14H15N5/c15-8-6-9-10(12(17)11(8)16)13(18)14(19-9)7-4-2-1-3-5-7/h1-6,19H,15-18H2. The fourth-order valence-corrected chi connectivity index (χ4v) is 2.29. The Kier molecular flexibility index (Phi) is 2.28. The Morgan fingerprint density at radius 1 is 0.789 bits per heavy atom. The van der Waals surface area contributed by atoms with Gasteiger partial charge in [-0.2, -0.15) is 0 Å². The van der Waals surface area contributed by atoms with E-state index in [0.717, 1.165) is 22.2 Å². The zero-order chi connectivity index (χ0) is 13.6. The number of aromatic nitrogens is 1. The highest BCUT2D eigenvalue weighted by Gasteiger charge is 2.15. The molecule has 0 unspecified atom stereocenters. The minimum atomic E-state index is 0.373. The smallest absolute Gasteiger partial charge is 0.0789 e. The molecule has 0 bridgehead atoms. The fourth-order valence-electron chi connectivity index (χ4n) is 2.29. The van der Waals surface area contributed by atoms with Gasteiger partial charge in [-0.25, -0.2) is 0 Å². The third-order valence-corrected chi connectivity index (χ3v) is 3.30. The molecular formula is C14H15N5. The Morgan fingerprint density at radius 3 is 2.16 bits per heavy atom. The highest BCUT2D eigenvalue weighted by Crippen LogP contribution is 2.40. The van der Waals surface area contributed by atoms with Crippen LogP contribution in [0.2, 0.25) is 0 Å². The average Bonchev–Trinajstić information content (AvgIpc) is 2.74. The molecular weight excluding hydrogens is 238 g/mol. The van der Waals surface area contributed by atoms with Crippen LogP contribution >= 0.6 is 0 Å². The lowest BCUT2D eigenvalue weighted by Crippen LogP contribution is -2.01. The number of H-pyrrole nitrogens is 1. The van der Waals surface area contributed by atoms with Crippen LogP contribution in [0.1, 0.15) is 0 Å². The highest BCUT2D eigenvalue weighted by atomic mass is 14.8. The van der Waals surface area contributed by atoms with Crippen molar-refractivity contribution < 1.29 is 0 Å². The van der Waals surface area contributed by atoms with Crippen molar-refractivity contribution in [2.75, 3.05) is 22.9 Å². The molecule has 9 N–H and O–H groups in total. The van der Waals surface area contributed by atoms with Crippen molar-refractivity contribution in [3.63, 3.8) is 0 Å². The molecule has 5 nitrogen and oxygen atoms in total. The van der Waals surface area contributed by atoms with Crippen molar-refractivity contribution in [2.45, 2.75) is 0 Å². The van der Waals surface area contributed by atoms with E-state index in [1.54, 1.807) is 6.07 Å². The third-order valence-electron chi connectivity index (χ3n) is 3.30. The first-order valence-electron chi connectivity index (χ1n) is 5.89. The Bertz CT molecular complexity index is 759. The van der Waals surface area contributed by atoms with E-state index in [2.05, 4.69) is 4.98 Å². The van der Waals surface area contributed by atoms with Crippen molar-refractivity contribution in [2.24, 2.45) is 0 Å². The van der Waals surface area contributed by atoms with Gasteiger partial charge in [-0.15, -0.1) is 0 Å². The van der Waals surface area contributed by atoms with Gasteiger partial charge in [-0.3, -0.25) is 0 Å². The molecule has 0 spiro atoms. The molecule has 3 rings (SSSR count). The maximum absolute atomic E-state index is 6.18. The summed E-state index contributed by atoms with van der Waals surface area (Å²) >= 11 is 0. The first-order chi connectivity index (χ1) is 9.09. The summed E-state index contributed by atoms with van der Waals surface area (Å²) < 4.78 is 0. The van der Waals surface area contributed by atoms with E-state index in [1.165, 1.54) is 0 Å². The van der Waals surface area contributed by atoms with E-state index in [0.29, 0.717) is 22.7 Å². The zero-order valence-electron chi connectivity index (χ0n) is 10.3. The van der Waals surface area contributed by atoms with Crippen LogP contribution in [0, 0.1) is 0 Å². The Hall–Kier alpha value is -2.82. The number of rotatable bonds is 1. The number of hydrogen-bond donors (Lipinski definition) is 5. The minimum absolute atomic E-state index is 0.373. The number of benzene rings is 2. The summed E-state index contributed by atoms with van der Waals surface area (Å²) in [4.78, 5) is 3.25. The predicted molar refractivity (Wildman–Crippen MR) is 81.4 cm³/mol. The van der Waals surface area contributed by atoms with Gasteiger partial charge in [0.15, 0.2) is 0 Å². The normalized spacial score (nSPS) is 10.9. The molecule has 0 aliphatic carbocycles. The SMILES string of the molecule is Nc1cc2[nH]c(-c3ccccc3)c(N)c2c(N)c1N. The predicted octanol–water partition coefficient (Wildman–Crippen LogP) is 2.16. The average molecular weight is 253 g/mol. The van der Waals surface area contributed by atoms with Crippen LogP contribution < -0.4 is 22.9 Å². The summed E-state index contributed by atoms with van der Waals surface area (Å²) in [7, 11) is 0. The number of nitrogen functional groups attached to an aromatic ring is 4.